The number of hydrogen-bond donors (Lipinski definition) is 0. The molecule has 4 heterocycles. The number of hydrazone groups is 1. The van der Waals surface area contributed by atoms with Gasteiger partial charge >= 0.3 is 0 Å². The van der Waals surface area contributed by atoms with Crippen molar-refractivity contribution in [2.75, 3.05) is 5.75 Å². The summed E-state index contributed by atoms with van der Waals surface area (Å²) < 4.78 is 13.2. The summed E-state index contributed by atoms with van der Waals surface area (Å²) in [5.41, 5.74) is 1.95. The molecule has 6 rings (SSSR count). The number of amides is 1. The normalized spacial score (nSPS) is 15.6. The highest BCUT2D eigenvalue weighted by Crippen LogP contribution is 2.35. The van der Waals surface area contributed by atoms with Crippen molar-refractivity contribution in [1.82, 2.24) is 14.6 Å². The van der Waals surface area contributed by atoms with Gasteiger partial charge in [-0.05, 0) is 43.3 Å². The van der Waals surface area contributed by atoms with Gasteiger partial charge in [0.05, 0.1) is 22.9 Å². The minimum atomic E-state index is -0.380. The van der Waals surface area contributed by atoms with Gasteiger partial charge in [-0.15, -0.1) is 0 Å². The molecule has 0 bridgehead atoms. The Balaban J connectivity index is 1.30. The van der Waals surface area contributed by atoms with Crippen molar-refractivity contribution in [3.8, 4) is 0 Å². The monoisotopic (exact) mass is 498 g/mol. The summed E-state index contributed by atoms with van der Waals surface area (Å²) in [6, 6.07) is 20.2. The molecule has 0 radical (unpaired) electrons. The lowest BCUT2D eigenvalue weighted by molar-refractivity contribution is -0.130. The first-order valence-corrected chi connectivity index (χ1v) is 12.6. The number of benzene rings is 2. The van der Waals surface area contributed by atoms with E-state index in [9.17, 15) is 9.59 Å². The zero-order chi connectivity index (χ0) is 24.6. The minimum absolute atomic E-state index is 0.0684. The lowest BCUT2D eigenvalue weighted by atomic mass is 10.1. The lowest BCUT2D eigenvalue weighted by Crippen LogP contribution is -2.29. The first kappa shape index (κ1) is 22.4. The van der Waals surface area contributed by atoms with Crippen LogP contribution in [0, 0.1) is 0 Å². The first-order valence-electron chi connectivity index (χ1n) is 11.7. The van der Waals surface area contributed by atoms with E-state index in [1.807, 2.05) is 55.5 Å². The highest BCUT2D eigenvalue weighted by atomic mass is 32.2. The minimum Gasteiger partial charge on any atom is -0.467 e. The molecule has 1 aliphatic heterocycles. The molecule has 1 amide bonds. The molecule has 0 saturated carbocycles. The highest BCUT2D eigenvalue weighted by Gasteiger charge is 2.36. The van der Waals surface area contributed by atoms with Crippen LogP contribution in [0.4, 0.5) is 0 Å². The molecule has 1 atom stereocenters. The van der Waals surface area contributed by atoms with Crippen molar-refractivity contribution < 1.29 is 13.6 Å². The van der Waals surface area contributed by atoms with Gasteiger partial charge in [0.2, 0.25) is 0 Å². The second kappa shape index (κ2) is 9.16. The predicted molar refractivity (Wildman–Crippen MR) is 138 cm³/mol. The Labute approximate surface area is 210 Å². The van der Waals surface area contributed by atoms with Crippen LogP contribution >= 0.6 is 11.8 Å². The number of thioether (sulfide) groups is 1. The molecule has 1 aliphatic rings. The molecule has 180 valence electrons. The number of aromatic nitrogens is 2. The SMILES string of the molecule is CCn1c(SCC(=O)N2N=C(c3cc4ccccc4o3)CC2c2ccco2)nc2ccccc2c1=O. The van der Waals surface area contributed by atoms with Crippen molar-refractivity contribution in [1.29, 1.82) is 0 Å². The number of carbonyl (C=O) groups excluding carboxylic acids is 1. The summed E-state index contributed by atoms with van der Waals surface area (Å²) >= 11 is 1.23. The van der Waals surface area contributed by atoms with Crippen molar-refractivity contribution in [3.63, 3.8) is 0 Å². The average molecular weight is 499 g/mol. The van der Waals surface area contributed by atoms with E-state index in [2.05, 4.69) is 10.1 Å². The van der Waals surface area contributed by atoms with Gasteiger partial charge in [-0.25, -0.2) is 9.99 Å². The Kier molecular flexibility index (Phi) is 5.69. The van der Waals surface area contributed by atoms with Gasteiger partial charge in [0.25, 0.3) is 11.5 Å². The van der Waals surface area contributed by atoms with Crippen LogP contribution in [0.25, 0.3) is 21.9 Å². The largest absolute Gasteiger partial charge is 0.467 e. The number of para-hydroxylation sites is 2. The summed E-state index contributed by atoms with van der Waals surface area (Å²) in [6.45, 7) is 2.35. The van der Waals surface area contributed by atoms with E-state index < -0.39 is 0 Å². The van der Waals surface area contributed by atoms with Crippen LogP contribution < -0.4 is 5.56 Å². The second-order valence-corrected chi connectivity index (χ2v) is 9.36. The third kappa shape index (κ3) is 3.91. The summed E-state index contributed by atoms with van der Waals surface area (Å²) in [4.78, 5) is 31.0. The average Bonchev–Trinajstić information content (AvgIpc) is 3.66. The number of rotatable bonds is 6. The fourth-order valence-electron chi connectivity index (χ4n) is 4.44. The maximum Gasteiger partial charge on any atom is 0.262 e. The summed E-state index contributed by atoms with van der Waals surface area (Å²) in [7, 11) is 0. The molecule has 5 aromatic rings. The third-order valence-electron chi connectivity index (χ3n) is 6.22. The van der Waals surface area contributed by atoms with E-state index in [0.29, 0.717) is 46.3 Å². The van der Waals surface area contributed by atoms with E-state index in [1.165, 1.54) is 16.8 Å². The molecule has 8 nitrogen and oxygen atoms in total. The predicted octanol–water partition coefficient (Wildman–Crippen LogP) is 5.23. The van der Waals surface area contributed by atoms with Gasteiger partial charge < -0.3 is 8.83 Å². The van der Waals surface area contributed by atoms with Crippen LogP contribution in [0.5, 0.6) is 0 Å². The molecule has 3 aromatic heterocycles. The molecule has 2 aromatic carbocycles. The Morgan fingerprint density at radius 1 is 1.11 bits per heavy atom. The zero-order valence-electron chi connectivity index (χ0n) is 19.5. The molecular weight excluding hydrogens is 476 g/mol. The fraction of sp³-hybridized carbons (Fsp3) is 0.185. The van der Waals surface area contributed by atoms with E-state index in [0.717, 1.165) is 11.0 Å². The molecule has 0 spiro atoms. The number of carbonyl (C=O) groups is 1. The van der Waals surface area contributed by atoms with Gasteiger partial charge in [0, 0.05) is 18.4 Å². The summed E-state index contributed by atoms with van der Waals surface area (Å²) in [6.07, 6.45) is 2.06. The highest BCUT2D eigenvalue weighted by molar-refractivity contribution is 7.99. The maximum atomic E-state index is 13.4. The standard InChI is InChI=1S/C27H22N4O4S/c1-2-30-26(33)18-9-4-5-10-19(18)28-27(30)36-16-25(32)31-21(23-12-7-13-34-23)15-20(29-31)24-14-17-8-3-6-11-22(17)35-24/h3-14,21H,2,15-16H2,1H3. The number of nitrogens with zero attached hydrogens (tertiary/aromatic N) is 4. The molecular formula is C27H22N4O4S. The van der Waals surface area contributed by atoms with E-state index in [4.69, 9.17) is 8.83 Å². The Bertz CT molecular complexity index is 1640. The fourth-order valence-corrected chi connectivity index (χ4v) is 5.36. The molecule has 0 saturated heterocycles. The molecule has 36 heavy (non-hydrogen) atoms. The van der Waals surface area contributed by atoms with Gasteiger partial charge in [0.1, 0.15) is 23.1 Å². The van der Waals surface area contributed by atoms with E-state index >= 15 is 0 Å². The molecule has 9 heteroatoms. The Morgan fingerprint density at radius 2 is 1.94 bits per heavy atom. The third-order valence-corrected chi connectivity index (χ3v) is 7.18. The molecule has 0 N–H and O–H groups in total. The molecule has 1 unspecified atom stereocenters. The lowest BCUT2D eigenvalue weighted by Gasteiger charge is -2.20. The van der Waals surface area contributed by atoms with Crippen molar-refractivity contribution in [2.45, 2.75) is 31.1 Å². The van der Waals surface area contributed by atoms with Crippen LogP contribution in [0.3, 0.4) is 0 Å². The zero-order valence-corrected chi connectivity index (χ0v) is 20.3. The van der Waals surface area contributed by atoms with Crippen molar-refractivity contribution in [2.24, 2.45) is 5.10 Å². The van der Waals surface area contributed by atoms with Crippen LogP contribution in [-0.2, 0) is 11.3 Å². The molecule has 0 aliphatic carbocycles. The molecule has 0 fully saturated rings. The Morgan fingerprint density at radius 3 is 2.75 bits per heavy atom. The smallest absolute Gasteiger partial charge is 0.262 e. The number of hydrogen-bond acceptors (Lipinski definition) is 7. The number of furan rings is 2. The first-order chi connectivity index (χ1) is 17.6. The Hall–Kier alpha value is -4.11. The van der Waals surface area contributed by atoms with Crippen LogP contribution in [-0.4, -0.2) is 31.9 Å². The van der Waals surface area contributed by atoms with E-state index in [1.54, 1.807) is 29.0 Å². The van der Waals surface area contributed by atoms with Crippen molar-refractivity contribution >= 4 is 45.3 Å². The van der Waals surface area contributed by atoms with E-state index in [-0.39, 0.29) is 23.3 Å². The second-order valence-electron chi connectivity index (χ2n) is 8.42. The van der Waals surface area contributed by atoms with Gasteiger partial charge in [-0.2, -0.15) is 5.10 Å². The summed E-state index contributed by atoms with van der Waals surface area (Å²) in [5.74, 6) is 1.14. The van der Waals surface area contributed by atoms with Crippen LogP contribution in [0.1, 0.15) is 30.9 Å². The van der Waals surface area contributed by atoms with Gasteiger partial charge in [-0.3, -0.25) is 14.2 Å². The quantitative estimate of drug-likeness (QED) is 0.235. The van der Waals surface area contributed by atoms with Gasteiger partial charge in [0.15, 0.2) is 10.9 Å². The topological polar surface area (TPSA) is 93.8 Å². The van der Waals surface area contributed by atoms with Crippen LogP contribution in [0.15, 0.2) is 96.9 Å². The number of fused-ring (bicyclic) bond motifs is 2. The van der Waals surface area contributed by atoms with Crippen LogP contribution in [0.2, 0.25) is 0 Å². The summed E-state index contributed by atoms with van der Waals surface area (Å²) in [5, 5.41) is 8.16. The van der Waals surface area contributed by atoms with Gasteiger partial charge in [-0.1, -0.05) is 42.1 Å². The maximum absolute atomic E-state index is 13.4. The van der Waals surface area contributed by atoms with Crippen molar-refractivity contribution in [3.05, 3.63) is 94.9 Å².